The smallest absolute Gasteiger partial charge is 0.345 e. The van der Waals surface area contributed by atoms with Crippen molar-refractivity contribution in [3.8, 4) is 61.8 Å². The van der Waals surface area contributed by atoms with Gasteiger partial charge in [-0.15, -0.1) is 11.3 Å². The van der Waals surface area contributed by atoms with Gasteiger partial charge in [0.05, 0.1) is 35.4 Å². The summed E-state index contributed by atoms with van der Waals surface area (Å²) in [6.45, 7) is 7.69. The van der Waals surface area contributed by atoms with Gasteiger partial charge in [-0.1, -0.05) is 54.1 Å². The molecule has 2 aliphatic rings. The molecule has 17 heteroatoms. The summed E-state index contributed by atoms with van der Waals surface area (Å²) in [7, 11) is 3.72. The molecule has 2 saturated heterocycles. The molecule has 9 rings (SSSR count). The van der Waals surface area contributed by atoms with E-state index in [0.717, 1.165) is 51.1 Å². The lowest BCUT2D eigenvalue weighted by molar-refractivity contribution is -0.145. The predicted molar refractivity (Wildman–Crippen MR) is 262 cm³/mol. The number of carboxylic acids is 1. The fourth-order valence-corrected chi connectivity index (χ4v) is 9.81. The van der Waals surface area contributed by atoms with Crippen LogP contribution in [0.15, 0.2) is 97.5 Å². The summed E-state index contributed by atoms with van der Waals surface area (Å²) in [6.07, 6.45) is 3.41. The molecule has 358 valence electrons. The van der Waals surface area contributed by atoms with Crippen LogP contribution in [0.4, 0.5) is 4.39 Å². The monoisotopic (exact) mass is 974 g/mol. The van der Waals surface area contributed by atoms with Crippen LogP contribution in [0.1, 0.15) is 36.1 Å². The standard InChI is InChI=1S/C52H52ClFN6O8S/c1-32-36(16-18-41(47(32)53)64-27-25-60-23-21-59(2)22-24-60)45-46-50(56-31-57-51(46)69-48(45)34-15-17-38(54)42(29-34)67-44-14-8-9-26-65-44)68-43(52(61)62)28-33-10-4-6-12-39(33)66-30-35-19-20-55-49(58-35)37-11-5-7-13-40(37)63-3/h4-7,10-13,15-20,29,31,43-44H,8-9,14,21-28,30H2,1-3H3,(H,61,62)/t43-,44?/m1/s1. The van der Waals surface area contributed by atoms with Crippen LogP contribution < -0.4 is 23.7 Å². The number of halogens is 2. The lowest BCUT2D eigenvalue weighted by Gasteiger charge is -2.32. The lowest BCUT2D eigenvalue weighted by atomic mass is 9.95. The molecule has 0 amide bonds. The average Bonchev–Trinajstić information content (AvgIpc) is 3.76. The van der Waals surface area contributed by atoms with E-state index in [1.165, 1.54) is 23.7 Å². The largest absolute Gasteiger partial charge is 0.496 e. The van der Waals surface area contributed by atoms with E-state index in [1.54, 1.807) is 43.6 Å². The van der Waals surface area contributed by atoms with Crippen LogP contribution in [-0.2, 0) is 22.6 Å². The Morgan fingerprint density at radius 3 is 2.54 bits per heavy atom. The second kappa shape index (κ2) is 21.9. The van der Waals surface area contributed by atoms with E-state index in [2.05, 4.69) is 31.8 Å². The minimum Gasteiger partial charge on any atom is -0.496 e. The Morgan fingerprint density at radius 1 is 0.928 bits per heavy atom. The molecule has 0 spiro atoms. The molecule has 0 bridgehead atoms. The van der Waals surface area contributed by atoms with Gasteiger partial charge in [0.25, 0.3) is 0 Å². The van der Waals surface area contributed by atoms with Gasteiger partial charge in [0, 0.05) is 62.2 Å². The number of carboxylic acid groups (broad SMARTS) is 1. The Morgan fingerprint density at radius 2 is 1.74 bits per heavy atom. The molecule has 4 aromatic carbocycles. The summed E-state index contributed by atoms with van der Waals surface area (Å²) >= 11 is 8.49. The van der Waals surface area contributed by atoms with E-state index in [-0.39, 0.29) is 24.7 Å². The van der Waals surface area contributed by atoms with Crippen LogP contribution in [0.5, 0.6) is 28.9 Å². The Bertz CT molecular complexity index is 2930. The summed E-state index contributed by atoms with van der Waals surface area (Å²) in [5.74, 6) is 0.468. The first-order chi connectivity index (χ1) is 33.6. The molecular formula is C52H52ClFN6O8S. The molecule has 7 aromatic rings. The quantitative estimate of drug-likeness (QED) is 0.0869. The van der Waals surface area contributed by atoms with Crippen LogP contribution >= 0.6 is 22.9 Å². The molecule has 0 radical (unpaired) electrons. The van der Waals surface area contributed by atoms with Gasteiger partial charge in [-0.25, -0.2) is 29.1 Å². The zero-order valence-corrected chi connectivity index (χ0v) is 40.1. The molecule has 14 nitrogen and oxygen atoms in total. The highest BCUT2D eigenvalue weighted by atomic mass is 35.5. The first-order valence-corrected chi connectivity index (χ1v) is 24.1. The molecule has 2 fully saturated rings. The summed E-state index contributed by atoms with van der Waals surface area (Å²) in [5.41, 5.74) is 4.61. The number of nitrogens with zero attached hydrogens (tertiary/aromatic N) is 6. The molecule has 69 heavy (non-hydrogen) atoms. The molecule has 0 saturated carbocycles. The van der Waals surface area contributed by atoms with Gasteiger partial charge in [-0.3, -0.25) is 4.90 Å². The maximum absolute atomic E-state index is 15.5. The fourth-order valence-electron chi connectivity index (χ4n) is 8.45. The van der Waals surface area contributed by atoms with Gasteiger partial charge in [0.1, 0.15) is 41.6 Å². The number of thiophene rings is 1. The number of aromatic nitrogens is 4. The Kier molecular flexibility index (Phi) is 15.1. The number of ether oxygens (including phenoxy) is 6. The lowest BCUT2D eigenvalue weighted by Crippen LogP contribution is -2.45. The molecule has 5 heterocycles. The Balaban J connectivity index is 1.04. The van der Waals surface area contributed by atoms with Gasteiger partial charge in [-0.2, -0.15) is 0 Å². The predicted octanol–water partition coefficient (Wildman–Crippen LogP) is 9.78. The molecule has 2 atom stereocenters. The van der Waals surface area contributed by atoms with Crippen molar-refractivity contribution >= 4 is 39.1 Å². The number of benzene rings is 4. The molecule has 2 aliphatic heterocycles. The summed E-state index contributed by atoms with van der Waals surface area (Å²) in [4.78, 5) is 37.5. The van der Waals surface area contributed by atoms with Crippen LogP contribution in [-0.4, -0.2) is 113 Å². The van der Waals surface area contributed by atoms with Gasteiger partial charge >= 0.3 is 5.97 Å². The van der Waals surface area contributed by atoms with E-state index in [9.17, 15) is 9.90 Å². The van der Waals surface area contributed by atoms with E-state index >= 15 is 4.39 Å². The molecule has 0 aliphatic carbocycles. The van der Waals surface area contributed by atoms with Gasteiger partial charge in [0.2, 0.25) is 12.0 Å². The molecule has 1 N–H and O–H groups in total. The Hall–Kier alpha value is -6.43. The van der Waals surface area contributed by atoms with Crippen molar-refractivity contribution in [2.75, 3.05) is 60.1 Å². The highest BCUT2D eigenvalue weighted by Crippen LogP contribution is 2.50. The fraction of sp³-hybridized carbons (Fsp3) is 0.327. The first-order valence-electron chi connectivity index (χ1n) is 22.9. The second-order valence-electron chi connectivity index (χ2n) is 16.9. The number of para-hydroxylation sites is 2. The topological polar surface area (TPSA) is 151 Å². The van der Waals surface area contributed by atoms with E-state index in [1.807, 2.05) is 55.5 Å². The zero-order valence-electron chi connectivity index (χ0n) is 38.5. The van der Waals surface area contributed by atoms with Crippen LogP contribution in [0.25, 0.3) is 43.2 Å². The number of piperazine rings is 1. The number of aliphatic carboxylic acids is 1. The van der Waals surface area contributed by atoms with Gasteiger partial charge in [0.15, 0.2) is 23.7 Å². The van der Waals surface area contributed by atoms with Crippen LogP contribution in [0.2, 0.25) is 5.02 Å². The second-order valence-corrected chi connectivity index (χ2v) is 18.3. The average molecular weight is 976 g/mol. The highest BCUT2D eigenvalue weighted by molar-refractivity contribution is 7.22. The normalized spacial score (nSPS) is 16.0. The van der Waals surface area contributed by atoms with Gasteiger partial charge in [-0.05, 0) is 91.5 Å². The third-order valence-corrected chi connectivity index (χ3v) is 13.9. The van der Waals surface area contributed by atoms with Crippen molar-refractivity contribution in [1.29, 1.82) is 0 Å². The van der Waals surface area contributed by atoms with Gasteiger partial charge < -0.3 is 38.4 Å². The summed E-state index contributed by atoms with van der Waals surface area (Å²) in [5, 5.41) is 11.6. The number of hydrogen-bond acceptors (Lipinski definition) is 14. The molecule has 3 aromatic heterocycles. The summed E-state index contributed by atoms with van der Waals surface area (Å²) < 4.78 is 51.9. The maximum Gasteiger partial charge on any atom is 0.345 e. The third kappa shape index (κ3) is 11.1. The number of fused-ring (bicyclic) bond motifs is 1. The van der Waals surface area contributed by atoms with Crippen molar-refractivity contribution in [2.24, 2.45) is 0 Å². The zero-order chi connectivity index (χ0) is 47.9. The van der Waals surface area contributed by atoms with E-state index in [0.29, 0.717) is 96.3 Å². The van der Waals surface area contributed by atoms with Crippen molar-refractivity contribution < 1.29 is 42.7 Å². The van der Waals surface area contributed by atoms with Crippen molar-refractivity contribution in [1.82, 2.24) is 29.7 Å². The van der Waals surface area contributed by atoms with Crippen molar-refractivity contribution in [2.45, 2.75) is 51.6 Å². The van der Waals surface area contributed by atoms with Crippen molar-refractivity contribution in [3.63, 3.8) is 0 Å². The minimum absolute atomic E-state index is 0.0466. The third-order valence-electron chi connectivity index (χ3n) is 12.3. The number of likely N-dealkylation sites (N-methyl/N-ethyl adjacent to an activating group) is 1. The first kappa shape index (κ1) is 47.6. The number of rotatable bonds is 18. The molecular weight excluding hydrogens is 923 g/mol. The van der Waals surface area contributed by atoms with Crippen LogP contribution in [0.3, 0.4) is 0 Å². The van der Waals surface area contributed by atoms with Crippen molar-refractivity contribution in [3.05, 3.63) is 125 Å². The summed E-state index contributed by atoms with van der Waals surface area (Å²) in [6, 6.07) is 24.9. The maximum atomic E-state index is 15.5. The number of hydrogen-bond donors (Lipinski definition) is 1. The SMILES string of the molecule is COc1ccccc1-c1nccc(COc2ccccc2C[C@@H](Oc2ncnc3sc(-c4ccc(F)c(OC5CCCCO5)c4)c(-c4ccc(OCCN5CCN(C)CC5)c(Cl)c4C)c23)C(=O)O)n1. The number of carbonyl (C=O) groups is 1. The van der Waals surface area contributed by atoms with E-state index < -0.39 is 24.2 Å². The number of methoxy groups -OCH3 is 1. The minimum atomic E-state index is -1.41. The molecule has 1 unspecified atom stereocenters. The van der Waals surface area contributed by atoms with E-state index in [4.69, 9.17) is 45.0 Å². The van der Waals surface area contributed by atoms with Crippen LogP contribution in [0, 0.1) is 12.7 Å². The highest BCUT2D eigenvalue weighted by Gasteiger charge is 2.29. The Labute approximate surface area is 408 Å².